The summed E-state index contributed by atoms with van der Waals surface area (Å²) >= 11 is 0. The number of pyridine rings is 1. The van der Waals surface area contributed by atoms with Gasteiger partial charge in [0.2, 0.25) is 5.88 Å². The van der Waals surface area contributed by atoms with Crippen molar-refractivity contribution < 1.29 is 4.74 Å². The second-order valence-electron chi connectivity index (χ2n) is 6.57. The number of aromatic nitrogens is 1. The lowest BCUT2D eigenvalue weighted by atomic mass is 10.0. The van der Waals surface area contributed by atoms with E-state index < -0.39 is 0 Å². The van der Waals surface area contributed by atoms with Gasteiger partial charge in [-0.15, -0.1) is 0 Å². The van der Waals surface area contributed by atoms with Gasteiger partial charge in [0.05, 0.1) is 12.8 Å². The molecule has 0 aliphatic carbocycles. The molecule has 0 saturated carbocycles. The van der Waals surface area contributed by atoms with Crippen LogP contribution in [0.3, 0.4) is 0 Å². The molecule has 0 radical (unpaired) electrons. The van der Waals surface area contributed by atoms with Gasteiger partial charge in [0, 0.05) is 37.8 Å². The Labute approximate surface area is 133 Å². The molecular formula is C17H28N4O. The molecule has 5 nitrogen and oxygen atoms in total. The van der Waals surface area contributed by atoms with Gasteiger partial charge in [0.1, 0.15) is 0 Å². The standard InChI is InChI=1S/C17H28N4O/c1-20-9-7-16(8-10-20)21-11-6-15(13-21)18-12-14-4-3-5-17(19-14)22-2/h3-5,15-16,18H,6-13H2,1-2H3. The Morgan fingerprint density at radius 2 is 2.05 bits per heavy atom. The predicted molar refractivity (Wildman–Crippen MR) is 88.1 cm³/mol. The van der Waals surface area contributed by atoms with Crippen molar-refractivity contribution >= 4 is 0 Å². The second kappa shape index (κ2) is 7.40. The molecule has 0 spiro atoms. The Morgan fingerprint density at radius 3 is 2.82 bits per heavy atom. The fourth-order valence-corrected chi connectivity index (χ4v) is 3.56. The quantitative estimate of drug-likeness (QED) is 0.889. The van der Waals surface area contributed by atoms with Crippen LogP contribution in [0.5, 0.6) is 5.88 Å². The summed E-state index contributed by atoms with van der Waals surface area (Å²) in [5, 5.41) is 3.66. The summed E-state index contributed by atoms with van der Waals surface area (Å²) < 4.78 is 5.18. The van der Waals surface area contributed by atoms with Crippen molar-refractivity contribution in [1.29, 1.82) is 0 Å². The Balaban J connectivity index is 1.44. The maximum atomic E-state index is 5.18. The van der Waals surface area contributed by atoms with Crippen LogP contribution in [0.1, 0.15) is 25.0 Å². The minimum atomic E-state index is 0.590. The highest BCUT2D eigenvalue weighted by molar-refractivity contribution is 5.15. The third-order valence-electron chi connectivity index (χ3n) is 4.99. The monoisotopic (exact) mass is 304 g/mol. The molecule has 2 saturated heterocycles. The fourth-order valence-electron chi connectivity index (χ4n) is 3.56. The topological polar surface area (TPSA) is 40.6 Å². The molecule has 3 heterocycles. The molecule has 0 aromatic carbocycles. The number of rotatable bonds is 5. The molecule has 1 unspecified atom stereocenters. The van der Waals surface area contributed by atoms with Gasteiger partial charge in [-0.3, -0.25) is 4.90 Å². The molecular weight excluding hydrogens is 276 g/mol. The molecule has 1 aromatic heterocycles. The van der Waals surface area contributed by atoms with E-state index >= 15 is 0 Å². The molecule has 2 aliphatic rings. The first kappa shape index (κ1) is 15.7. The Bertz CT molecular complexity index is 473. The third-order valence-corrected chi connectivity index (χ3v) is 4.99. The Kier molecular flexibility index (Phi) is 5.28. The number of methoxy groups -OCH3 is 1. The highest BCUT2D eigenvalue weighted by Crippen LogP contribution is 2.21. The van der Waals surface area contributed by atoms with Crippen LogP contribution in [-0.2, 0) is 6.54 Å². The molecule has 1 N–H and O–H groups in total. The van der Waals surface area contributed by atoms with Crippen molar-refractivity contribution in [3.8, 4) is 5.88 Å². The van der Waals surface area contributed by atoms with E-state index in [4.69, 9.17) is 4.74 Å². The van der Waals surface area contributed by atoms with Crippen LogP contribution in [0.2, 0.25) is 0 Å². The van der Waals surface area contributed by atoms with Crippen LogP contribution in [0.4, 0.5) is 0 Å². The number of hydrogen-bond acceptors (Lipinski definition) is 5. The van der Waals surface area contributed by atoms with E-state index in [0.29, 0.717) is 11.9 Å². The summed E-state index contributed by atoms with van der Waals surface area (Å²) in [6, 6.07) is 7.33. The maximum Gasteiger partial charge on any atom is 0.213 e. The van der Waals surface area contributed by atoms with Crippen LogP contribution in [0.25, 0.3) is 0 Å². The van der Waals surface area contributed by atoms with Crippen molar-refractivity contribution in [2.24, 2.45) is 0 Å². The molecule has 122 valence electrons. The Hall–Kier alpha value is -1.17. The van der Waals surface area contributed by atoms with Crippen LogP contribution < -0.4 is 10.1 Å². The van der Waals surface area contributed by atoms with Gasteiger partial charge in [-0.25, -0.2) is 4.98 Å². The van der Waals surface area contributed by atoms with Gasteiger partial charge < -0.3 is 15.0 Å². The number of piperidine rings is 1. The van der Waals surface area contributed by atoms with Gasteiger partial charge in [-0.2, -0.15) is 0 Å². The lowest BCUT2D eigenvalue weighted by Gasteiger charge is -2.35. The van der Waals surface area contributed by atoms with Gasteiger partial charge in [-0.05, 0) is 45.5 Å². The minimum Gasteiger partial charge on any atom is -0.481 e. The summed E-state index contributed by atoms with van der Waals surface area (Å²) in [7, 11) is 3.89. The fraction of sp³-hybridized carbons (Fsp3) is 0.706. The number of likely N-dealkylation sites (tertiary alicyclic amines) is 2. The van der Waals surface area contributed by atoms with E-state index in [0.717, 1.165) is 18.3 Å². The maximum absolute atomic E-state index is 5.18. The number of ether oxygens (including phenoxy) is 1. The molecule has 0 bridgehead atoms. The molecule has 22 heavy (non-hydrogen) atoms. The zero-order valence-electron chi connectivity index (χ0n) is 13.8. The lowest BCUT2D eigenvalue weighted by Crippen LogP contribution is -2.43. The van der Waals surface area contributed by atoms with Crippen molar-refractivity contribution in [3.63, 3.8) is 0 Å². The average molecular weight is 304 g/mol. The minimum absolute atomic E-state index is 0.590. The van der Waals surface area contributed by atoms with E-state index in [1.807, 2.05) is 12.1 Å². The summed E-state index contributed by atoms with van der Waals surface area (Å²) in [4.78, 5) is 9.59. The first-order valence-electron chi connectivity index (χ1n) is 8.40. The summed E-state index contributed by atoms with van der Waals surface area (Å²) in [5.74, 6) is 0.693. The lowest BCUT2D eigenvalue weighted by molar-refractivity contribution is 0.141. The molecule has 0 amide bonds. The van der Waals surface area contributed by atoms with Crippen LogP contribution in [0, 0.1) is 0 Å². The molecule has 2 aliphatic heterocycles. The first-order chi connectivity index (χ1) is 10.7. The van der Waals surface area contributed by atoms with Crippen molar-refractivity contribution in [2.75, 3.05) is 40.3 Å². The van der Waals surface area contributed by atoms with Gasteiger partial charge >= 0.3 is 0 Å². The summed E-state index contributed by atoms with van der Waals surface area (Å²) in [6.07, 6.45) is 3.89. The van der Waals surface area contributed by atoms with Gasteiger partial charge in [0.15, 0.2) is 0 Å². The van der Waals surface area contributed by atoms with Crippen molar-refractivity contribution in [2.45, 2.75) is 37.9 Å². The SMILES string of the molecule is COc1cccc(CNC2CCN(C3CCN(C)CC3)C2)n1. The van der Waals surface area contributed by atoms with Crippen molar-refractivity contribution in [1.82, 2.24) is 20.1 Å². The highest BCUT2D eigenvalue weighted by atomic mass is 16.5. The molecule has 3 rings (SSSR count). The smallest absolute Gasteiger partial charge is 0.213 e. The second-order valence-corrected chi connectivity index (χ2v) is 6.57. The molecule has 5 heteroatoms. The number of hydrogen-bond donors (Lipinski definition) is 1. The third kappa shape index (κ3) is 3.97. The average Bonchev–Trinajstić information content (AvgIpc) is 3.03. The van der Waals surface area contributed by atoms with Crippen LogP contribution in [-0.4, -0.2) is 67.2 Å². The van der Waals surface area contributed by atoms with Crippen LogP contribution >= 0.6 is 0 Å². The van der Waals surface area contributed by atoms with E-state index in [2.05, 4.69) is 33.2 Å². The number of nitrogens with zero attached hydrogens (tertiary/aromatic N) is 3. The van der Waals surface area contributed by atoms with Gasteiger partial charge in [0.25, 0.3) is 0 Å². The van der Waals surface area contributed by atoms with E-state index in [-0.39, 0.29) is 0 Å². The highest BCUT2D eigenvalue weighted by Gasteiger charge is 2.29. The van der Waals surface area contributed by atoms with Gasteiger partial charge in [-0.1, -0.05) is 6.07 Å². The van der Waals surface area contributed by atoms with Crippen molar-refractivity contribution in [3.05, 3.63) is 23.9 Å². The summed E-state index contributed by atoms with van der Waals surface area (Å²) in [6.45, 7) is 5.72. The normalized spacial score (nSPS) is 24.7. The first-order valence-corrected chi connectivity index (χ1v) is 8.40. The predicted octanol–water partition coefficient (Wildman–Crippen LogP) is 1.35. The zero-order valence-corrected chi connectivity index (χ0v) is 13.8. The molecule has 1 atom stereocenters. The summed E-state index contributed by atoms with van der Waals surface area (Å²) in [5.41, 5.74) is 1.05. The largest absolute Gasteiger partial charge is 0.481 e. The Morgan fingerprint density at radius 1 is 1.23 bits per heavy atom. The number of nitrogens with one attached hydrogen (secondary N) is 1. The van der Waals surface area contributed by atoms with Crippen LogP contribution in [0.15, 0.2) is 18.2 Å². The zero-order chi connectivity index (χ0) is 15.4. The molecule has 2 fully saturated rings. The molecule has 1 aromatic rings. The van der Waals surface area contributed by atoms with E-state index in [1.165, 1.54) is 45.4 Å². The van der Waals surface area contributed by atoms with E-state index in [1.54, 1.807) is 7.11 Å². The van der Waals surface area contributed by atoms with E-state index in [9.17, 15) is 0 Å².